The van der Waals surface area contributed by atoms with Crippen LogP contribution in [-0.4, -0.2) is 32.0 Å². The Morgan fingerprint density at radius 2 is 2.12 bits per heavy atom. The van der Waals surface area contributed by atoms with Gasteiger partial charge in [0.2, 0.25) is 0 Å². The summed E-state index contributed by atoms with van der Waals surface area (Å²) in [6.07, 6.45) is 2.37. The molecule has 2 N–H and O–H groups in total. The van der Waals surface area contributed by atoms with Crippen molar-refractivity contribution in [3.63, 3.8) is 0 Å². The summed E-state index contributed by atoms with van der Waals surface area (Å²) in [6.45, 7) is 0.0556. The van der Waals surface area contributed by atoms with Crippen LogP contribution in [0.5, 0.6) is 11.5 Å². The van der Waals surface area contributed by atoms with E-state index in [-0.39, 0.29) is 12.6 Å². The summed E-state index contributed by atoms with van der Waals surface area (Å²) in [5.74, 6) is 1.55. The van der Waals surface area contributed by atoms with Crippen molar-refractivity contribution in [2.75, 3.05) is 20.8 Å². The maximum Gasteiger partial charge on any atom is 0.123 e. The molecule has 4 nitrogen and oxygen atoms in total. The van der Waals surface area contributed by atoms with Gasteiger partial charge >= 0.3 is 0 Å². The van der Waals surface area contributed by atoms with Gasteiger partial charge in [0.05, 0.1) is 26.9 Å². The van der Waals surface area contributed by atoms with E-state index < -0.39 is 0 Å². The van der Waals surface area contributed by atoms with E-state index in [9.17, 15) is 5.11 Å². The Morgan fingerprint density at radius 1 is 1.35 bits per heavy atom. The lowest BCUT2D eigenvalue weighted by Gasteiger charge is -2.19. The summed E-state index contributed by atoms with van der Waals surface area (Å²) in [4.78, 5) is 0. The lowest BCUT2D eigenvalue weighted by Crippen LogP contribution is -2.26. The summed E-state index contributed by atoms with van der Waals surface area (Å²) in [5, 5.41) is 12.9. The maximum atomic E-state index is 9.48. The van der Waals surface area contributed by atoms with Crippen molar-refractivity contribution in [1.29, 1.82) is 0 Å². The number of aliphatic hydroxyl groups excluding tert-OH is 1. The molecule has 0 amide bonds. The Bertz CT molecular complexity index is 377. The Balaban J connectivity index is 2.24. The quantitative estimate of drug-likeness (QED) is 0.787. The van der Waals surface area contributed by atoms with Gasteiger partial charge in [-0.25, -0.2) is 0 Å². The van der Waals surface area contributed by atoms with Crippen molar-refractivity contribution in [1.82, 2.24) is 5.32 Å². The van der Waals surface area contributed by atoms with Crippen molar-refractivity contribution < 1.29 is 14.6 Å². The van der Waals surface area contributed by atoms with E-state index in [4.69, 9.17) is 9.47 Å². The Kier molecular flexibility index (Phi) is 3.86. The second-order valence-electron chi connectivity index (χ2n) is 4.28. The van der Waals surface area contributed by atoms with E-state index in [0.29, 0.717) is 6.04 Å². The molecule has 0 saturated heterocycles. The Morgan fingerprint density at radius 3 is 2.65 bits per heavy atom. The SMILES string of the molecule is COc1ccc(OC)c(C(CO)NC2CC2)c1. The first-order chi connectivity index (χ1) is 8.28. The van der Waals surface area contributed by atoms with E-state index in [0.717, 1.165) is 17.1 Å². The molecule has 1 unspecified atom stereocenters. The maximum absolute atomic E-state index is 9.48. The van der Waals surface area contributed by atoms with Crippen LogP contribution in [0.3, 0.4) is 0 Å². The van der Waals surface area contributed by atoms with Gasteiger partial charge in [-0.2, -0.15) is 0 Å². The van der Waals surface area contributed by atoms with Gasteiger partial charge in [-0.3, -0.25) is 0 Å². The highest BCUT2D eigenvalue weighted by Crippen LogP contribution is 2.31. The fourth-order valence-corrected chi connectivity index (χ4v) is 1.89. The fraction of sp³-hybridized carbons (Fsp3) is 0.538. The molecule has 0 radical (unpaired) electrons. The van der Waals surface area contributed by atoms with Crippen molar-refractivity contribution in [2.24, 2.45) is 0 Å². The normalized spacial score (nSPS) is 16.6. The molecule has 1 aromatic carbocycles. The first kappa shape index (κ1) is 12.2. The van der Waals surface area contributed by atoms with Crippen LogP contribution < -0.4 is 14.8 Å². The van der Waals surface area contributed by atoms with Gasteiger partial charge in [-0.15, -0.1) is 0 Å². The largest absolute Gasteiger partial charge is 0.497 e. The molecule has 4 heteroatoms. The molecule has 0 spiro atoms. The molecule has 0 aliphatic heterocycles. The number of benzene rings is 1. The Hall–Kier alpha value is -1.26. The van der Waals surface area contributed by atoms with Gasteiger partial charge in [0.1, 0.15) is 11.5 Å². The highest BCUT2D eigenvalue weighted by atomic mass is 16.5. The first-order valence-electron chi connectivity index (χ1n) is 5.87. The molecular formula is C13H19NO3. The minimum atomic E-state index is -0.0902. The van der Waals surface area contributed by atoms with E-state index >= 15 is 0 Å². The molecule has 1 aliphatic carbocycles. The smallest absolute Gasteiger partial charge is 0.123 e. The molecule has 2 rings (SSSR count). The molecule has 1 aromatic rings. The molecule has 0 aromatic heterocycles. The highest BCUT2D eigenvalue weighted by Gasteiger charge is 2.26. The predicted molar refractivity (Wildman–Crippen MR) is 65.5 cm³/mol. The molecule has 1 aliphatic rings. The van der Waals surface area contributed by atoms with Crippen LogP contribution in [0, 0.1) is 0 Å². The third-order valence-corrected chi connectivity index (χ3v) is 3.01. The molecule has 1 atom stereocenters. The zero-order chi connectivity index (χ0) is 12.3. The van der Waals surface area contributed by atoms with Gasteiger partial charge < -0.3 is 19.9 Å². The van der Waals surface area contributed by atoms with Crippen molar-refractivity contribution in [3.8, 4) is 11.5 Å². The van der Waals surface area contributed by atoms with Crippen molar-refractivity contribution >= 4 is 0 Å². The predicted octanol–water partition coefficient (Wildman–Crippen LogP) is 1.49. The third-order valence-electron chi connectivity index (χ3n) is 3.01. The monoisotopic (exact) mass is 237 g/mol. The van der Waals surface area contributed by atoms with Crippen molar-refractivity contribution in [2.45, 2.75) is 24.9 Å². The number of hydrogen-bond donors (Lipinski definition) is 2. The standard InChI is InChI=1S/C13H19NO3/c1-16-10-5-6-13(17-2)11(7-10)12(8-15)14-9-3-4-9/h5-7,9,12,14-15H,3-4,8H2,1-2H3. The number of methoxy groups -OCH3 is 2. The zero-order valence-electron chi connectivity index (χ0n) is 10.3. The van der Waals surface area contributed by atoms with Crippen LogP contribution in [0.25, 0.3) is 0 Å². The molecule has 94 valence electrons. The molecule has 1 saturated carbocycles. The van der Waals surface area contributed by atoms with Gasteiger partial charge in [-0.05, 0) is 31.0 Å². The molecule has 17 heavy (non-hydrogen) atoms. The van der Waals surface area contributed by atoms with Gasteiger partial charge in [0, 0.05) is 11.6 Å². The zero-order valence-corrected chi connectivity index (χ0v) is 10.3. The van der Waals surface area contributed by atoms with E-state index in [1.54, 1.807) is 14.2 Å². The molecular weight excluding hydrogens is 218 g/mol. The Labute approximate surface area is 102 Å². The average molecular weight is 237 g/mol. The molecule has 0 bridgehead atoms. The van der Waals surface area contributed by atoms with Crippen LogP contribution in [0.15, 0.2) is 18.2 Å². The minimum absolute atomic E-state index is 0.0556. The van der Waals surface area contributed by atoms with Gasteiger partial charge in [0.15, 0.2) is 0 Å². The minimum Gasteiger partial charge on any atom is -0.497 e. The van der Waals surface area contributed by atoms with E-state index in [1.165, 1.54) is 12.8 Å². The summed E-state index contributed by atoms with van der Waals surface area (Å²) < 4.78 is 10.5. The second kappa shape index (κ2) is 5.38. The number of aliphatic hydroxyl groups is 1. The first-order valence-corrected chi connectivity index (χ1v) is 5.87. The fourth-order valence-electron chi connectivity index (χ4n) is 1.89. The second-order valence-corrected chi connectivity index (χ2v) is 4.28. The van der Waals surface area contributed by atoms with Crippen molar-refractivity contribution in [3.05, 3.63) is 23.8 Å². The third kappa shape index (κ3) is 2.90. The van der Waals surface area contributed by atoms with E-state index in [2.05, 4.69) is 5.32 Å². The topological polar surface area (TPSA) is 50.7 Å². The number of nitrogens with one attached hydrogen (secondary N) is 1. The van der Waals surface area contributed by atoms with Crippen LogP contribution >= 0.6 is 0 Å². The molecule has 1 fully saturated rings. The van der Waals surface area contributed by atoms with Crippen LogP contribution in [-0.2, 0) is 0 Å². The van der Waals surface area contributed by atoms with Crippen LogP contribution in [0.1, 0.15) is 24.4 Å². The van der Waals surface area contributed by atoms with Crippen LogP contribution in [0.4, 0.5) is 0 Å². The number of hydrogen-bond acceptors (Lipinski definition) is 4. The lowest BCUT2D eigenvalue weighted by atomic mass is 10.1. The highest BCUT2D eigenvalue weighted by molar-refractivity contribution is 5.42. The van der Waals surface area contributed by atoms with Crippen LogP contribution in [0.2, 0.25) is 0 Å². The van der Waals surface area contributed by atoms with Gasteiger partial charge in [0.25, 0.3) is 0 Å². The molecule has 0 heterocycles. The average Bonchev–Trinajstić information content (AvgIpc) is 3.19. The van der Waals surface area contributed by atoms with E-state index in [1.807, 2.05) is 18.2 Å². The number of ether oxygens (including phenoxy) is 2. The summed E-state index contributed by atoms with van der Waals surface area (Å²) in [7, 11) is 3.27. The summed E-state index contributed by atoms with van der Waals surface area (Å²) in [5.41, 5.74) is 0.946. The number of rotatable bonds is 6. The summed E-state index contributed by atoms with van der Waals surface area (Å²) in [6, 6.07) is 6.07. The van der Waals surface area contributed by atoms with Gasteiger partial charge in [-0.1, -0.05) is 0 Å². The lowest BCUT2D eigenvalue weighted by molar-refractivity contribution is 0.239. The summed E-state index contributed by atoms with van der Waals surface area (Å²) >= 11 is 0.